The Morgan fingerprint density at radius 1 is 1.40 bits per heavy atom. The number of furan rings is 1. The number of benzene rings is 1. The number of carbonyl (C=O) groups is 1. The van der Waals surface area contributed by atoms with E-state index in [1.807, 2.05) is 13.8 Å². The van der Waals surface area contributed by atoms with Crippen LogP contribution >= 0.6 is 0 Å². The maximum atomic E-state index is 12.1. The van der Waals surface area contributed by atoms with E-state index in [-0.39, 0.29) is 11.3 Å². The Balaban J connectivity index is 2.32. The van der Waals surface area contributed by atoms with E-state index in [1.165, 1.54) is 0 Å². The van der Waals surface area contributed by atoms with Gasteiger partial charge in [-0.05, 0) is 12.0 Å². The van der Waals surface area contributed by atoms with Crippen LogP contribution in [-0.4, -0.2) is 21.0 Å². The molecule has 0 saturated heterocycles. The molecule has 108 valence electrons. The van der Waals surface area contributed by atoms with Crippen LogP contribution in [0.25, 0.3) is 11.0 Å². The van der Waals surface area contributed by atoms with Gasteiger partial charge >= 0.3 is 5.97 Å². The summed E-state index contributed by atoms with van der Waals surface area (Å²) in [7, 11) is -1.11. The van der Waals surface area contributed by atoms with Gasteiger partial charge in [-0.3, -0.25) is 4.21 Å². The predicted octanol–water partition coefficient (Wildman–Crippen LogP) is 3.43. The summed E-state index contributed by atoms with van der Waals surface area (Å²) in [5.74, 6) is 0.340. The largest absolute Gasteiger partial charge is 0.478 e. The summed E-state index contributed by atoms with van der Waals surface area (Å²) in [6.07, 6.45) is 0.956. The maximum Gasteiger partial charge on any atom is 0.339 e. The van der Waals surface area contributed by atoms with Gasteiger partial charge in [-0.1, -0.05) is 38.5 Å². The lowest BCUT2D eigenvalue weighted by atomic mass is 10.1. The Morgan fingerprint density at radius 3 is 2.75 bits per heavy atom. The Morgan fingerprint density at radius 2 is 2.10 bits per heavy atom. The van der Waals surface area contributed by atoms with Crippen molar-refractivity contribution in [1.29, 1.82) is 0 Å². The molecule has 0 radical (unpaired) electrons. The second-order valence-corrected chi connectivity index (χ2v) is 6.47. The lowest BCUT2D eigenvalue weighted by Crippen LogP contribution is -2.10. The van der Waals surface area contributed by atoms with Crippen LogP contribution in [0.5, 0.6) is 0 Å². The van der Waals surface area contributed by atoms with Crippen molar-refractivity contribution >= 4 is 27.7 Å². The molecule has 2 unspecified atom stereocenters. The first kappa shape index (κ1) is 14.8. The first-order chi connectivity index (χ1) is 9.52. The second kappa shape index (κ2) is 6.22. The summed E-state index contributed by atoms with van der Waals surface area (Å²) >= 11 is 0. The number of carboxylic acid groups (broad SMARTS) is 1. The van der Waals surface area contributed by atoms with E-state index in [9.17, 15) is 14.1 Å². The zero-order chi connectivity index (χ0) is 14.7. The van der Waals surface area contributed by atoms with Crippen molar-refractivity contribution in [1.82, 2.24) is 0 Å². The normalized spacial score (nSPS) is 14.3. The van der Waals surface area contributed by atoms with Crippen LogP contribution in [0.3, 0.4) is 0 Å². The molecule has 2 aromatic rings. The molecular formula is C15H18O4S. The van der Waals surface area contributed by atoms with E-state index >= 15 is 0 Å². The molecule has 20 heavy (non-hydrogen) atoms. The SMILES string of the molecule is CCC(C)CS(=O)Cc1oc2ccccc2c1C(=O)O. The Kier molecular flexibility index (Phi) is 4.60. The Labute approximate surface area is 120 Å². The monoisotopic (exact) mass is 294 g/mol. The van der Waals surface area contributed by atoms with E-state index in [0.29, 0.717) is 28.4 Å². The highest BCUT2D eigenvalue weighted by atomic mass is 32.2. The zero-order valence-corrected chi connectivity index (χ0v) is 12.4. The molecule has 0 aliphatic heterocycles. The van der Waals surface area contributed by atoms with Crippen LogP contribution in [0.1, 0.15) is 36.4 Å². The minimum absolute atomic E-state index is 0.137. The number of aromatic carboxylic acids is 1. The highest BCUT2D eigenvalue weighted by Gasteiger charge is 2.21. The van der Waals surface area contributed by atoms with E-state index in [4.69, 9.17) is 4.42 Å². The first-order valence-corrected chi connectivity index (χ1v) is 8.10. The van der Waals surface area contributed by atoms with Gasteiger partial charge in [-0.25, -0.2) is 4.79 Å². The fourth-order valence-electron chi connectivity index (χ4n) is 2.07. The van der Waals surface area contributed by atoms with Gasteiger partial charge in [0.25, 0.3) is 0 Å². The molecule has 5 heteroatoms. The first-order valence-electron chi connectivity index (χ1n) is 6.61. The summed E-state index contributed by atoms with van der Waals surface area (Å²) in [6, 6.07) is 6.99. The van der Waals surface area contributed by atoms with Crippen molar-refractivity contribution < 1.29 is 18.5 Å². The molecule has 1 heterocycles. The summed E-state index contributed by atoms with van der Waals surface area (Å²) in [5, 5.41) is 9.90. The van der Waals surface area contributed by atoms with Crippen molar-refractivity contribution in [3.05, 3.63) is 35.6 Å². The fourth-order valence-corrected chi connectivity index (χ4v) is 3.56. The minimum atomic E-state index is -1.11. The molecule has 2 rings (SSSR count). The molecule has 0 amide bonds. The molecule has 1 N–H and O–H groups in total. The van der Waals surface area contributed by atoms with Gasteiger partial charge in [0.1, 0.15) is 16.9 Å². The average molecular weight is 294 g/mol. The van der Waals surface area contributed by atoms with Gasteiger partial charge in [-0.15, -0.1) is 0 Å². The molecule has 0 aliphatic carbocycles. The molecule has 2 atom stereocenters. The third kappa shape index (κ3) is 3.10. The van der Waals surface area contributed by atoms with Crippen LogP contribution in [0.4, 0.5) is 0 Å². The zero-order valence-electron chi connectivity index (χ0n) is 11.6. The smallest absolute Gasteiger partial charge is 0.339 e. The summed E-state index contributed by atoms with van der Waals surface area (Å²) in [4.78, 5) is 11.4. The third-order valence-corrected chi connectivity index (χ3v) is 4.87. The standard InChI is InChI=1S/C15H18O4S/c1-3-10(2)8-20(18)9-13-14(15(16)17)11-6-4-5-7-12(11)19-13/h4-7,10H,3,8-9H2,1-2H3,(H,16,17). The van der Waals surface area contributed by atoms with Gasteiger partial charge in [0.15, 0.2) is 0 Å². The van der Waals surface area contributed by atoms with Crippen molar-refractivity contribution in [3.8, 4) is 0 Å². The second-order valence-electron chi connectivity index (χ2n) is 4.97. The summed E-state index contributed by atoms with van der Waals surface area (Å²) < 4.78 is 17.7. The van der Waals surface area contributed by atoms with Crippen LogP contribution in [0, 0.1) is 5.92 Å². The Hall–Kier alpha value is -1.62. The molecule has 0 bridgehead atoms. The molecule has 4 nitrogen and oxygen atoms in total. The van der Waals surface area contributed by atoms with Crippen LogP contribution in [0.15, 0.2) is 28.7 Å². The molecular weight excluding hydrogens is 276 g/mol. The van der Waals surface area contributed by atoms with E-state index in [1.54, 1.807) is 24.3 Å². The predicted molar refractivity (Wildman–Crippen MR) is 79.3 cm³/mol. The third-order valence-electron chi connectivity index (χ3n) is 3.34. The Bertz CT molecular complexity index is 644. The van der Waals surface area contributed by atoms with Crippen molar-refractivity contribution in [2.45, 2.75) is 26.0 Å². The lowest BCUT2D eigenvalue weighted by Gasteiger charge is -2.07. The minimum Gasteiger partial charge on any atom is -0.478 e. The van der Waals surface area contributed by atoms with Gasteiger partial charge < -0.3 is 9.52 Å². The van der Waals surface area contributed by atoms with Crippen LogP contribution < -0.4 is 0 Å². The van der Waals surface area contributed by atoms with Crippen LogP contribution in [0.2, 0.25) is 0 Å². The quantitative estimate of drug-likeness (QED) is 0.886. The van der Waals surface area contributed by atoms with Gasteiger partial charge in [0.05, 0.1) is 5.75 Å². The van der Waals surface area contributed by atoms with Crippen molar-refractivity contribution in [2.75, 3.05) is 5.75 Å². The maximum absolute atomic E-state index is 12.1. The summed E-state index contributed by atoms with van der Waals surface area (Å²) in [6.45, 7) is 4.08. The highest BCUT2D eigenvalue weighted by Crippen LogP contribution is 2.27. The fraction of sp³-hybridized carbons (Fsp3) is 0.400. The van der Waals surface area contributed by atoms with Crippen LogP contribution in [-0.2, 0) is 16.6 Å². The molecule has 0 fully saturated rings. The number of carboxylic acids is 1. The summed E-state index contributed by atoms with van der Waals surface area (Å²) in [5.41, 5.74) is 0.665. The highest BCUT2D eigenvalue weighted by molar-refractivity contribution is 7.84. The van der Waals surface area contributed by atoms with Gasteiger partial charge in [0.2, 0.25) is 0 Å². The van der Waals surface area contributed by atoms with E-state index in [2.05, 4.69) is 0 Å². The topological polar surface area (TPSA) is 67.5 Å². The van der Waals surface area contributed by atoms with Gasteiger partial charge in [-0.2, -0.15) is 0 Å². The molecule has 0 aliphatic rings. The lowest BCUT2D eigenvalue weighted by molar-refractivity contribution is 0.0697. The van der Waals surface area contributed by atoms with E-state index in [0.717, 1.165) is 6.42 Å². The molecule has 1 aromatic heterocycles. The molecule has 0 spiro atoms. The van der Waals surface area contributed by atoms with Crippen molar-refractivity contribution in [2.24, 2.45) is 5.92 Å². The molecule has 1 aromatic carbocycles. The van der Waals surface area contributed by atoms with Crippen molar-refractivity contribution in [3.63, 3.8) is 0 Å². The number of rotatable bonds is 6. The number of hydrogen-bond acceptors (Lipinski definition) is 3. The molecule has 0 saturated carbocycles. The van der Waals surface area contributed by atoms with E-state index < -0.39 is 16.8 Å². The number of para-hydroxylation sites is 1. The number of hydrogen-bond donors (Lipinski definition) is 1. The average Bonchev–Trinajstić information content (AvgIpc) is 2.75. The van der Waals surface area contributed by atoms with Gasteiger partial charge in [0, 0.05) is 21.9 Å². The number of fused-ring (bicyclic) bond motifs is 1.